The van der Waals surface area contributed by atoms with Gasteiger partial charge in [-0.05, 0) is 12.8 Å². The van der Waals surface area contributed by atoms with Gasteiger partial charge in [0.25, 0.3) is 0 Å². The number of carbonyl (C=O) groups is 2. The fraction of sp³-hybridized carbons (Fsp3) is 0.600. The highest BCUT2D eigenvalue weighted by atomic mass is 16.4. The first kappa shape index (κ1) is 13.5. The molecule has 1 unspecified atom stereocenters. The highest BCUT2D eigenvalue weighted by Crippen LogP contribution is 2.01. The molecule has 5 heteroatoms. The van der Waals surface area contributed by atoms with Crippen LogP contribution in [-0.2, 0) is 4.79 Å². The van der Waals surface area contributed by atoms with E-state index in [4.69, 9.17) is 5.11 Å². The zero-order valence-corrected chi connectivity index (χ0v) is 9.28. The van der Waals surface area contributed by atoms with Gasteiger partial charge in [-0.1, -0.05) is 19.9 Å². The van der Waals surface area contributed by atoms with E-state index in [-0.39, 0.29) is 12.0 Å². The fourth-order valence-electron chi connectivity index (χ4n) is 0.962. The first-order valence-corrected chi connectivity index (χ1v) is 4.80. The minimum Gasteiger partial charge on any atom is -0.480 e. The van der Waals surface area contributed by atoms with Crippen molar-refractivity contribution in [1.82, 2.24) is 10.6 Å². The zero-order valence-electron chi connectivity index (χ0n) is 9.28. The molecule has 0 radical (unpaired) electrons. The van der Waals surface area contributed by atoms with Crippen molar-refractivity contribution in [2.24, 2.45) is 5.92 Å². The molecule has 0 bridgehead atoms. The summed E-state index contributed by atoms with van der Waals surface area (Å²) in [5.74, 6) is -1.20. The van der Waals surface area contributed by atoms with Crippen molar-refractivity contribution in [3.63, 3.8) is 0 Å². The van der Waals surface area contributed by atoms with Crippen LogP contribution in [0.1, 0.15) is 20.8 Å². The molecule has 2 atom stereocenters. The Balaban J connectivity index is 4.24. The van der Waals surface area contributed by atoms with Crippen molar-refractivity contribution < 1.29 is 14.7 Å². The van der Waals surface area contributed by atoms with Gasteiger partial charge in [0.05, 0.1) is 0 Å². The SMILES string of the molecule is C=CC(C)NC(=O)N[C@H](C(=O)O)C(C)C. The maximum Gasteiger partial charge on any atom is 0.326 e. The van der Waals surface area contributed by atoms with Gasteiger partial charge >= 0.3 is 12.0 Å². The number of carboxylic acid groups (broad SMARTS) is 1. The fourth-order valence-corrected chi connectivity index (χ4v) is 0.962. The van der Waals surface area contributed by atoms with Crippen LogP contribution in [0.5, 0.6) is 0 Å². The molecular formula is C10H18N2O3. The van der Waals surface area contributed by atoms with Crippen LogP contribution in [0, 0.1) is 5.92 Å². The minimum absolute atomic E-state index is 0.160. The van der Waals surface area contributed by atoms with E-state index in [2.05, 4.69) is 17.2 Å². The third kappa shape index (κ3) is 5.05. The summed E-state index contributed by atoms with van der Waals surface area (Å²) in [6.45, 7) is 8.72. The van der Waals surface area contributed by atoms with Crippen LogP contribution in [0.4, 0.5) is 4.79 Å². The molecule has 0 heterocycles. The zero-order chi connectivity index (χ0) is 12.0. The molecule has 86 valence electrons. The summed E-state index contributed by atoms with van der Waals surface area (Å²) in [6, 6.07) is -1.56. The Morgan fingerprint density at radius 3 is 2.13 bits per heavy atom. The number of carboxylic acids is 1. The average Bonchev–Trinajstić information content (AvgIpc) is 2.12. The van der Waals surface area contributed by atoms with E-state index in [0.29, 0.717) is 0 Å². The first-order valence-electron chi connectivity index (χ1n) is 4.80. The summed E-state index contributed by atoms with van der Waals surface area (Å²) in [5, 5.41) is 13.7. The van der Waals surface area contributed by atoms with Crippen LogP contribution < -0.4 is 10.6 Å². The van der Waals surface area contributed by atoms with E-state index in [0.717, 1.165) is 0 Å². The third-order valence-corrected chi connectivity index (χ3v) is 1.93. The molecule has 2 amide bonds. The van der Waals surface area contributed by atoms with Gasteiger partial charge < -0.3 is 15.7 Å². The van der Waals surface area contributed by atoms with Gasteiger partial charge in [-0.2, -0.15) is 0 Å². The Hall–Kier alpha value is -1.52. The molecule has 0 aliphatic rings. The van der Waals surface area contributed by atoms with Gasteiger partial charge in [-0.15, -0.1) is 6.58 Å². The maximum absolute atomic E-state index is 11.3. The lowest BCUT2D eigenvalue weighted by Gasteiger charge is -2.19. The molecule has 5 nitrogen and oxygen atoms in total. The van der Waals surface area contributed by atoms with Crippen LogP contribution in [-0.4, -0.2) is 29.2 Å². The van der Waals surface area contributed by atoms with Gasteiger partial charge in [0, 0.05) is 6.04 Å². The molecule has 0 aromatic carbocycles. The molecule has 0 aliphatic heterocycles. The Labute approximate surface area is 89.6 Å². The summed E-state index contributed by atoms with van der Waals surface area (Å²) >= 11 is 0. The van der Waals surface area contributed by atoms with E-state index in [9.17, 15) is 9.59 Å². The first-order chi connectivity index (χ1) is 6.88. The minimum atomic E-state index is -1.04. The lowest BCUT2D eigenvalue weighted by Crippen LogP contribution is -2.50. The lowest BCUT2D eigenvalue weighted by molar-refractivity contribution is -0.140. The average molecular weight is 214 g/mol. The van der Waals surface area contributed by atoms with E-state index < -0.39 is 18.0 Å². The summed E-state index contributed by atoms with van der Waals surface area (Å²) in [7, 11) is 0. The van der Waals surface area contributed by atoms with E-state index >= 15 is 0 Å². The second-order valence-electron chi connectivity index (χ2n) is 3.70. The van der Waals surface area contributed by atoms with Crippen molar-refractivity contribution in [2.75, 3.05) is 0 Å². The smallest absolute Gasteiger partial charge is 0.326 e. The Morgan fingerprint density at radius 2 is 1.80 bits per heavy atom. The van der Waals surface area contributed by atoms with Crippen LogP contribution in [0.15, 0.2) is 12.7 Å². The Morgan fingerprint density at radius 1 is 1.27 bits per heavy atom. The largest absolute Gasteiger partial charge is 0.480 e. The molecule has 0 aromatic heterocycles. The highest BCUT2D eigenvalue weighted by Gasteiger charge is 2.23. The van der Waals surface area contributed by atoms with Crippen molar-refractivity contribution in [3.05, 3.63) is 12.7 Å². The predicted molar refractivity (Wildman–Crippen MR) is 57.6 cm³/mol. The topological polar surface area (TPSA) is 78.4 Å². The number of aliphatic carboxylic acids is 1. The second-order valence-corrected chi connectivity index (χ2v) is 3.70. The number of urea groups is 1. The normalized spacial score (nSPS) is 14.1. The Bertz CT molecular complexity index is 251. The highest BCUT2D eigenvalue weighted by molar-refractivity contribution is 5.82. The molecule has 0 rings (SSSR count). The van der Waals surface area contributed by atoms with Crippen molar-refractivity contribution >= 4 is 12.0 Å². The molecule has 0 saturated carbocycles. The number of hydrogen-bond donors (Lipinski definition) is 3. The number of hydrogen-bond acceptors (Lipinski definition) is 2. The summed E-state index contributed by atoms with van der Waals surface area (Å²) < 4.78 is 0. The molecule has 15 heavy (non-hydrogen) atoms. The van der Waals surface area contributed by atoms with Gasteiger partial charge in [-0.3, -0.25) is 0 Å². The van der Waals surface area contributed by atoms with Crippen LogP contribution in [0.2, 0.25) is 0 Å². The third-order valence-electron chi connectivity index (χ3n) is 1.93. The van der Waals surface area contributed by atoms with Gasteiger partial charge in [0.15, 0.2) is 0 Å². The molecule has 3 N–H and O–H groups in total. The molecule has 0 saturated heterocycles. The molecular weight excluding hydrogens is 196 g/mol. The standard InChI is InChI=1S/C10H18N2O3/c1-5-7(4)11-10(15)12-8(6(2)3)9(13)14/h5-8H,1H2,2-4H3,(H,13,14)(H2,11,12,15)/t7?,8-/m0/s1. The van der Waals surface area contributed by atoms with Crippen LogP contribution >= 0.6 is 0 Å². The molecule has 0 aromatic rings. The van der Waals surface area contributed by atoms with Gasteiger partial charge in [0.2, 0.25) is 0 Å². The van der Waals surface area contributed by atoms with E-state index in [1.165, 1.54) is 0 Å². The molecule has 0 aliphatic carbocycles. The quantitative estimate of drug-likeness (QED) is 0.597. The lowest BCUT2D eigenvalue weighted by atomic mass is 10.1. The van der Waals surface area contributed by atoms with Gasteiger partial charge in [0.1, 0.15) is 6.04 Å². The Kier molecular flexibility index (Phi) is 5.44. The van der Waals surface area contributed by atoms with Crippen LogP contribution in [0.3, 0.4) is 0 Å². The number of amides is 2. The molecule has 0 fully saturated rings. The number of rotatable bonds is 5. The predicted octanol–water partition coefficient (Wildman–Crippen LogP) is 0.969. The summed E-state index contributed by atoms with van der Waals surface area (Å²) in [4.78, 5) is 22.1. The monoisotopic (exact) mass is 214 g/mol. The second kappa shape index (κ2) is 6.06. The van der Waals surface area contributed by atoms with Crippen LogP contribution in [0.25, 0.3) is 0 Å². The van der Waals surface area contributed by atoms with Crippen molar-refractivity contribution in [3.8, 4) is 0 Å². The van der Waals surface area contributed by atoms with Crippen molar-refractivity contribution in [2.45, 2.75) is 32.9 Å². The van der Waals surface area contributed by atoms with Crippen molar-refractivity contribution in [1.29, 1.82) is 0 Å². The summed E-state index contributed by atoms with van der Waals surface area (Å²) in [5.41, 5.74) is 0. The summed E-state index contributed by atoms with van der Waals surface area (Å²) in [6.07, 6.45) is 1.56. The number of carbonyl (C=O) groups excluding carboxylic acids is 1. The van der Waals surface area contributed by atoms with E-state index in [1.807, 2.05) is 0 Å². The van der Waals surface area contributed by atoms with Gasteiger partial charge in [-0.25, -0.2) is 9.59 Å². The number of nitrogens with one attached hydrogen (secondary N) is 2. The maximum atomic E-state index is 11.3. The molecule has 0 spiro atoms. The van der Waals surface area contributed by atoms with E-state index in [1.54, 1.807) is 26.8 Å².